The first-order valence-corrected chi connectivity index (χ1v) is 9.28. The number of rotatable bonds is 3. The van der Waals surface area contributed by atoms with Crippen molar-refractivity contribution in [2.75, 3.05) is 62.3 Å². The molecule has 1 amide bonds. The Morgan fingerprint density at radius 3 is 2.00 bits per heavy atom. The molecular formula is C19H27N3O2. The van der Waals surface area contributed by atoms with Gasteiger partial charge in [-0.1, -0.05) is 18.6 Å². The normalized spacial score (nSPS) is 22.4. The number of amides is 1. The zero-order valence-electron chi connectivity index (χ0n) is 14.3. The van der Waals surface area contributed by atoms with Gasteiger partial charge in [-0.2, -0.15) is 0 Å². The minimum Gasteiger partial charge on any atom is -0.378 e. The summed E-state index contributed by atoms with van der Waals surface area (Å²) in [5, 5.41) is 0. The van der Waals surface area contributed by atoms with E-state index in [9.17, 15) is 4.79 Å². The maximum atomic E-state index is 12.4. The van der Waals surface area contributed by atoms with E-state index in [1.54, 1.807) is 0 Å². The van der Waals surface area contributed by atoms with Crippen LogP contribution < -0.4 is 9.80 Å². The van der Waals surface area contributed by atoms with E-state index in [2.05, 4.69) is 39.0 Å². The second-order valence-corrected chi connectivity index (χ2v) is 7.03. The number of carbonyl (C=O) groups excluding carboxylic acids is 1. The summed E-state index contributed by atoms with van der Waals surface area (Å²) in [5.74, 6) is 0.708. The topological polar surface area (TPSA) is 36.0 Å². The van der Waals surface area contributed by atoms with Crippen LogP contribution in [0.25, 0.3) is 0 Å². The van der Waals surface area contributed by atoms with Gasteiger partial charge in [0.05, 0.1) is 24.6 Å². The smallest absolute Gasteiger partial charge is 0.225 e. The molecule has 5 heteroatoms. The average Bonchev–Trinajstić information content (AvgIpc) is 2.61. The monoisotopic (exact) mass is 329 g/mol. The van der Waals surface area contributed by atoms with Crippen LogP contribution >= 0.6 is 0 Å². The minimum atomic E-state index is 0.317. The zero-order valence-corrected chi connectivity index (χ0v) is 14.3. The van der Waals surface area contributed by atoms with Gasteiger partial charge in [0, 0.05) is 45.2 Å². The Labute approximate surface area is 144 Å². The van der Waals surface area contributed by atoms with Crippen LogP contribution in [0.2, 0.25) is 0 Å². The van der Waals surface area contributed by atoms with Crippen LogP contribution in [0, 0.1) is 5.92 Å². The predicted octanol–water partition coefficient (Wildman–Crippen LogP) is 1.97. The van der Waals surface area contributed by atoms with Gasteiger partial charge in [0.2, 0.25) is 5.91 Å². The number of ether oxygens (including phenoxy) is 1. The molecule has 2 aliphatic heterocycles. The molecule has 2 heterocycles. The molecule has 1 aliphatic carbocycles. The number of carbonyl (C=O) groups is 1. The van der Waals surface area contributed by atoms with E-state index in [0.29, 0.717) is 11.8 Å². The van der Waals surface area contributed by atoms with E-state index in [0.717, 1.165) is 65.3 Å². The number of hydrogen-bond acceptors (Lipinski definition) is 4. The fourth-order valence-corrected chi connectivity index (χ4v) is 3.88. The van der Waals surface area contributed by atoms with Gasteiger partial charge in [0.15, 0.2) is 0 Å². The highest BCUT2D eigenvalue weighted by molar-refractivity contribution is 5.80. The number of hydrogen-bond donors (Lipinski definition) is 0. The zero-order chi connectivity index (χ0) is 16.4. The van der Waals surface area contributed by atoms with Crippen molar-refractivity contribution in [1.82, 2.24) is 4.90 Å². The lowest BCUT2D eigenvalue weighted by Gasteiger charge is -2.41. The van der Waals surface area contributed by atoms with Crippen molar-refractivity contribution in [1.29, 1.82) is 0 Å². The lowest BCUT2D eigenvalue weighted by molar-refractivity contribution is -0.138. The molecule has 1 saturated carbocycles. The molecule has 5 nitrogen and oxygen atoms in total. The van der Waals surface area contributed by atoms with E-state index >= 15 is 0 Å². The number of para-hydroxylation sites is 2. The Balaban J connectivity index is 1.42. The molecule has 0 spiro atoms. The Hall–Kier alpha value is -1.75. The average molecular weight is 329 g/mol. The van der Waals surface area contributed by atoms with E-state index in [1.165, 1.54) is 17.8 Å². The molecular weight excluding hydrogens is 302 g/mol. The molecule has 0 atom stereocenters. The number of nitrogens with zero attached hydrogens (tertiary/aromatic N) is 3. The number of morpholine rings is 1. The quantitative estimate of drug-likeness (QED) is 0.849. The summed E-state index contributed by atoms with van der Waals surface area (Å²) in [7, 11) is 0. The molecule has 0 aromatic heterocycles. The van der Waals surface area contributed by atoms with E-state index in [4.69, 9.17) is 4.74 Å². The maximum absolute atomic E-state index is 12.4. The first-order valence-electron chi connectivity index (χ1n) is 9.28. The molecule has 3 aliphatic rings. The van der Waals surface area contributed by atoms with Gasteiger partial charge in [-0.3, -0.25) is 4.79 Å². The van der Waals surface area contributed by atoms with Crippen molar-refractivity contribution in [3.63, 3.8) is 0 Å². The molecule has 0 N–H and O–H groups in total. The molecule has 24 heavy (non-hydrogen) atoms. The van der Waals surface area contributed by atoms with Crippen LogP contribution in [0.5, 0.6) is 0 Å². The third-order valence-corrected chi connectivity index (χ3v) is 5.62. The summed E-state index contributed by atoms with van der Waals surface area (Å²) < 4.78 is 5.49. The molecule has 4 rings (SSSR count). The van der Waals surface area contributed by atoms with Crippen LogP contribution in [-0.4, -0.2) is 63.3 Å². The predicted molar refractivity (Wildman–Crippen MR) is 95.6 cm³/mol. The standard InChI is InChI=1S/C19H27N3O2/c23-19(16-4-3-5-16)22-10-8-20(9-11-22)17-6-1-2-7-18(17)21-12-14-24-15-13-21/h1-2,6-7,16H,3-5,8-15H2. The van der Waals surface area contributed by atoms with Gasteiger partial charge < -0.3 is 19.4 Å². The number of benzene rings is 1. The molecule has 1 aromatic carbocycles. The largest absolute Gasteiger partial charge is 0.378 e. The number of piperazine rings is 1. The van der Waals surface area contributed by atoms with Crippen LogP contribution in [0.4, 0.5) is 11.4 Å². The van der Waals surface area contributed by atoms with Gasteiger partial charge >= 0.3 is 0 Å². The molecule has 1 aromatic rings. The van der Waals surface area contributed by atoms with E-state index < -0.39 is 0 Å². The highest BCUT2D eigenvalue weighted by atomic mass is 16.5. The Morgan fingerprint density at radius 1 is 0.875 bits per heavy atom. The SMILES string of the molecule is O=C(C1CCC1)N1CCN(c2ccccc2N2CCOCC2)CC1. The van der Waals surface area contributed by atoms with Gasteiger partial charge in [0.25, 0.3) is 0 Å². The van der Waals surface area contributed by atoms with E-state index in [-0.39, 0.29) is 0 Å². The second-order valence-electron chi connectivity index (χ2n) is 7.03. The summed E-state index contributed by atoms with van der Waals surface area (Å²) in [4.78, 5) is 19.4. The van der Waals surface area contributed by atoms with Gasteiger partial charge in [-0.25, -0.2) is 0 Å². The maximum Gasteiger partial charge on any atom is 0.225 e. The van der Waals surface area contributed by atoms with Gasteiger partial charge in [0.1, 0.15) is 0 Å². The Morgan fingerprint density at radius 2 is 1.46 bits per heavy atom. The fourth-order valence-electron chi connectivity index (χ4n) is 3.88. The third kappa shape index (κ3) is 3.09. The van der Waals surface area contributed by atoms with Crippen LogP contribution in [0.15, 0.2) is 24.3 Å². The van der Waals surface area contributed by atoms with Crippen molar-refractivity contribution < 1.29 is 9.53 Å². The highest BCUT2D eigenvalue weighted by Crippen LogP contribution is 2.32. The molecule has 0 radical (unpaired) electrons. The fraction of sp³-hybridized carbons (Fsp3) is 0.632. The molecule has 0 unspecified atom stereocenters. The van der Waals surface area contributed by atoms with Crippen molar-refractivity contribution in [2.45, 2.75) is 19.3 Å². The highest BCUT2D eigenvalue weighted by Gasteiger charge is 2.31. The Bertz CT molecular complexity index is 574. The van der Waals surface area contributed by atoms with Gasteiger partial charge in [-0.15, -0.1) is 0 Å². The summed E-state index contributed by atoms with van der Waals surface area (Å²) in [6, 6.07) is 8.66. The van der Waals surface area contributed by atoms with Gasteiger partial charge in [-0.05, 0) is 25.0 Å². The van der Waals surface area contributed by atoms with E-state index in [1.807, 2.05) is 0 Å². The summed E-state index contributed by atoms with van der Waals surface area (Å²) in [6.45, 7) is 7.09. The summed E-state index contributed by atoms with van der Waals surface area (Å²) in [5.41, 5.74) is 2.61. The molecule has 0 bridgehead atoms. The lowest BCUT2D eigenvalue weighted by atomic mass is 9.84. The first kappa shape index (κ1) is 15.8. The molecule has 130 valence electrons. The molecule has 2 saturated heterocycles. The first-order chi connectivity index (χ1) is 11.8. The van der Waals surface area contributed by atoms with Crippen molar-refractivity contribution in [3.05, 3.63) is 24.3 Å². The number of anilines is 2. The summed E-state index contributed by atoms with van der Waals surface area (Å²) >= 11 is 0. The van der Waals surface area contributed by atoms with Crippen LogP contribution in [-0.2, 0) is 9.53 Å². The van der Waals surface area contributed by atoms with Crippen LogP contribution in [0.1, 0.15) is 19.3 Å². The summed E-state index contributed by atoms with van der Waals surface area (Å²) in [6.07, 6.45) is 3.42. The van der Waals surface area contributed by atoms with Crippen molar-refractivity contribution >= 4 is 17.3 Å². The van der Waals surface area contributed by atoms with Crippen molar-refractivity contribution in [3.8, 4) is 0 Å². The minimum absolute atomic E-state index is 0.317. The van der Waals surface area contributed by atoms with Crippen LogP contribution in [0.3, 0.4) is 0 Å². The van der Waals surface area contributed by atoms with Crippen molar-refractivity contribution in [2.24, 2.45) is 5.92 Å². The third-order valence-electron chi connectivity index (χ3n) is 5.62. The molecule has 3 fully saturated rings. The Kier molecular flexibility index (Phi) is 4.60. The second kappa shape index (κ2) is 7.01. The lowest BCUT2D eigenvalue weighted by Crippen LogP contribution is -2.51.